The van der Waals surface area contributed by atoms with Crippen LogP contribution in [0.2, 0.25) is 0 Å². The first-order chi connectivity index (χ1) is 10.1. The zero-order valence-corrected chi connectivity index (χ0v) is 15.2. The van der Waals surface area contributed by atoms with Crippen LogP contribution in [0.25, 0.3) is 0 Å². The van der Waals surface area contributed by atoms with Crippen LogP contribution in [0.5, 0.6) is 0 Å². The molecule has 0 radical (unpaired) electrons. The number of unbranched alkanes of at least 4 members (excludes halogenated alkanes) is 12. The van der Waals surface area contributed by atoms with Crippen molar-refractivity contribution in [2.75, 3.05) is 20.1 Å². The third kappa shape index (κ3) is 16.1. The summed E-state index contributed by atoms with van der Waals surface area (Å²) in [5.74, 6) is 0. The van der Waals surface area contributed by atoms with Crippen LogP contribution in [-0.2, 0) is 0 Å². The standard InChI is InChI=1S/C19H41NO/c1-4-6-8-10-11-12-13-14-15-17-19-20(3,21)18-16-9-7-5-2/h4-19H2,1-3H3. The Balaban J connectivity index is 3.28. The minimum atomic E-state index is -0.0132. The van der Waals surface area contributed by atoms with Crippen molar-refractivity contribution in [3.8, 4) is 0 Å². The Hall–Kier alpha value is -0.0800. The molecule has 0 N–H and O–H groups in total. The highest BCUT2D eigenvalue weighted by molar-refractivity contribution is 4.49. The minimum absolute atomic E-state index is 0.0132. The Bertz CT molecular complexity index is 204. The van der Waals surface area contributed by atoms with E-state index < -0.39 is 0 Å². The number of nitrogens with zero attached hydrogens (tertiary/aromatic N) is 1. The van der Waals surface area contributed by atoms with Gasteiger partial charge in [-0.15, -0.1) is 0 Å². The van der Waals surface area contributed by atoms with Crippen molar-refractivity contribution in [3.05, 3.63) is 5.21 Å². The first kappa shape index (κ1) is 20.9. The van der Waals surface area contributed by atoms with Gasteiger partial charge >= 0.3 is 0 Å². The lowest BCUT2D eigenvalue weighted by Gasteiger charge is -2.39. The normalized spacial score (nSPS) is 14.3. The summed E-state index contributed by atoms with van der Waals surface area (Å²) in [6, 6.07) is 0. The average molecular weight is 300 g/mol. The molecule has 1 unspecified atom stereocenters. The van der Waals surface area contributed by atoms with Crippen molar-refractivity contribution >= 4 is 0 Å². The third-order valence-electron chi connectivity index (χ3n) is 4.47. The molecule has 0 bridgehead atoms. The van der Waals surface area contributed by atoms with E-state index in [9.17, 15) is 5.21 Å². The Morgan fingerprint density at radius 1 is 0.524 bits per heavy atom. The molecule has 0 amide bonds. The molecule has 2 heteroatoms. The lowest BCUT2D eigenvalue weighted by molar-refractivity contribution is -0.861. The maximum atomic E-state index is 12.2. The van der Waals surface area contributed by atoms with E-state index in [0.717, 1.165) is 25.9 Å². The first-order valence-electron chi connectivity index (χ1n) is 9.68. The lowest BCUT2D eigenvalue weighted by atomic mass is 10.1. The van der Waals surface area contributed by atoms with Crippen LogP contribution in [0.1, 0.15) is 104 Å². The van der Waals surface area contributed by atoms with Gasteiger partial charge in [0.2, 0.25) is 0 Å². The van der Waals surface area contributed by atoms with Crippen molar-refractivity contribution in [1.29, 1.82) is 0 Å². The van der Waals surface area contributed by atoms with Gasteiger partial charge in [-0.25, -0.2) is 0 Å². The van der Waals surface area contributed by atoms with Crippen LogP contribution in [0.3, 0.4) is 0 Å². The molecule has 0 saturated carbocycles. The van der Waals surface area contributed by atoms with E-state index in [1.807, 2.05) is 7.05 Å². The van der Waals surface area contributed by atoms with Crippen LogP contribution in [0.15, 0.2) is 0 Å². The van der Waals surface area contributed by atoms with Gasteiger partial charge in [-0.1, -0.05) is 78.1 Å². The predicted octanol–water partition coefficient (Wildman–Crippen LogP) is 6.43. The Kier molecular flexibility index (Phi) is 14.8. The van der Waals surface area contributed by atoms with Gasteiger partial charge in [0.05, 0.1) is 20.1 Å². The zero-order chi connectivity index (χ0) is 15.8. The van der Waals surface area contributed by atoms with Gasteiger partial charge in [0, 0.05) is 0 Å². The summed E-state index contributed by atoms with van der Waals surface area (Å²) in [5, 5.41) is 12.2. The number of hydrogen-bond acceptors (Lipinski definition) is 1. The number of hydroxylamine groups is 3. The van der Waals surface area contributed by atoms with E-state index in [2.05, 4.69) is 13.8 Å². The van der Waals surface area contributed by atoms with Crippen molar-refractivity contribution < 1.29 is 4.65 Å². The Labute approximate surface area is 134 Å². The Morgan fingerprint density at radius 3 is 1.19 bits per heavy atom. The highest BCUT2D eigenvalue weighted by Crippen LogP contribution is 2.13. The highest BCUT2D eigenvalue weighted by atomic mass is 16.5. The van der Waals surface area contributed by atoms with E-state index in [-0.39, 0.29) is 4.65 Å². The molecule has 0 aliphatic rings. The second kappa shape index (κ2) is 14.8. The molecular formula is C19H41NO. The van der Waals surface area contributed by atoms with E-state index >= 15 is 0 Å². The van der Waals surface area contributed by atoms with Crippen molar-refractivity contribution in [2.24, 2.45) is 0 Å². The van der Waals surface area contributed by atoms with Crippen LogP contribution < -0.4 is 0 Å². The van der Waals surface area contributed by atoms with Crippen molar-refractivity contribution in [2.45, 2.75) is 104 Å². The summed E-state index contributed by atoms with van der Waals surface area (Å²) < 4.78 is -0.0132. The molecule has 0 fully saturated rings. The monoisotopic (exact) mass is 299 g/mol. The van der Waals surface area contributed by atoms with Crippen LogP contribution in [0, 0.1) is 5.21 Å². The smallest absolute Gasteiger partial charge is 0.0781 e. The number of quaternary nitrogens is 1. The molecule has 0 spiro atoms. The average Bonchev–Trinajstić information content (AvgIpc) is 2.45. The summed E-state index contributed by atoms with van der Waals surface area (Å²) in [6.07, 6.45) is 18.3. The summed E-state index contributed by atoms with van der Waals surface area (Å²) >= 11 is 0. The molecule has 21 heavy (non-hydrogen) atoms. The minimum Gasteiger partial charge on any atom is -0.633 e. The molecule has 1 atom stereocenters. The van der Waals surface area contributed by atoms with Crippen LogP contribution in [0.4, 0.5) is 0 Å². The van der Waals surface area contributed by atoms with E-state index in [4.69, 9.17) is 0 Å². The predicted molar refractivity (Wildman–Crippen MR) is 95.3 cm³/mol. The zero-order valence-electron chi connectivity index (χ0n) is 15.2. The van der Waals surface area contributed by atoms with Gasteiger partial charge < -0.3 is 9.85 Å². The molecule has 2 nitrogen and oxygen atoms in total. The van der Waals surface area contributed by atoms with Gasteiger partial charge in [0.1, 0.15) is 0 Å². The topological polar surface area (TPSA) is 23.1 Å². The highest BCUT2D eigenvalue weighted by Gasteiger charge is 2.08. The fraction of sp³-hybridized carbons (Fsp3) is 1.00. The quantitative estimate of drug-likeness (QED) is 0.183. The maximum Gasteiger partial charge on any atom is 0.0781 e. The Morgan fingerprint density at radius 2 is 0.810 bits per heavy atom. The summed E-state index contributed by atoms with van der Waals surface area (Å²) in [7, 11) is 1.86. The largest absolute Gasteiger partial charge is 0.633 e. The first-order valence-corrected chi connectivity index (χ1v) is 9.68. The number of rotatable bonds is 16. The van der Waals surface area contributed by atoms with E-state index in [0.29, 0.717) is 0 Å². The second-order valence-electron chi connectivity index (χ2n) is 6.99. The van der Waals surface area contributed by atoms with E-state index in [1.54, 1.807) is 0 Å². The van der Waals surface area contributed by atoms with Gasteiger partial charge in [0.15, 0.2) is 0 Å². The SMILES string of the molecule is CCCCCCCCCCCC[N+](C)([O-])CCCCCC. The number of hydrogen-bond donors (Lipinski definition) is 0. The van der Waals surface area contributed by atoms with Gasteiger partial charge in [-0.05, 0) is 25.7 Å². The molecule has 0 aromatic heterocycles. The lowest BCUT2D eigenvalue weighted by Crippen LogP contribution is -2.39. The molecule has 0 aliphatic heterocycles. The fourth-order valence-corrected chi connectivity index (χ4v) is 2.92. The molecule has 0 aliphatic carbocycles. The summed E-state index contributed by atoms with van der Waals surface area (Å²) in [4.78, 5) is 0. The summed E-state index contributed by atoms with van der Waals surface area (Å²) in [6.45, 7) is 6.13. The second-order valence-corrected chi connectivity index (χ2v) is 6.99. The molecule has 0 aromatic carbocycles. The molecule has 0 aromatic rings. The molecule has 0 rings (SSSR count). The molecule has 128 valence electrons. The fourth-order valence-electron chi connectivity index (χ4n) is 2.92. The van der Waals surface area contributed by atoms with Gasteiger partial charge in [-0.2, -0.15) is 0 Å². The maximum absolute atomic E-state index is 12.2. The van der Waals surface area contributed by atoms with Crippen molar-refractivity contribution in [3.63, 3.8) is 0 Å². The van der Waals surface area contributed by atoms with Gasteiger partial charge in [-0.3, -0.25) is 0 Å². The van der Waals surface area contributed by atoms with Crippen LogP contribution >= 0.6 is 0 Å². The molecule has 0 saturated heterocycles. The van der Waals surface area contributed by atoms with Gasteiger partial charge in [0.25, 0.3) is 0 Å². The third-order valence-corrected chi connectivity index (χ3v) is 4.47. The molecular weight excluding hydrogens is 258 g/mol. The van der Waals surface area contributed by atoms with E-state index in [1.165, 1.54) is 77.0 Å². The summed E-state index contributed by atoms with van der Waals surface area (Å²) in [5.41, 5.74) is 0. The van der Waals surface area contributed by atoms with Crippen molar-refractivity contribution in [1.82, 2.24) is 0 Å². The molecule has 0 heterocycles. The van der Waals surface area contributed by atoms with Crippen LogP contribution in [-0.4, -0.2) is 24.8 Å².